The summed E-state index contributed by atoms with van der Waals surface area (Å²) in [5.74, 6) is -1.78. The number of carboxylic acids is 1. The molecule has 0 aromatic carbocycles. The van der Waals surface area contributed by atoms with Gasteiger partial charge >= 0.3 is 12.0 Å². The van der Waals surface area contributed by atoms with Gasteiger partial charge in [-0.1, -0.05) is 12.2 Å². The van der Waals surface area contributed by atoms with E-state index < -0.39 is 23.9 Å². The van der Waals surface area contributed by atoms with Crippen LogP contribution in [0.2, 0.25) is 0 Å². The fourth-order valence-electron chi connectivity index (χ4n) is 1.66. The van der Waals surface area contributed by atoms with Gasteiger partial charge in [0.05, 0.1) is 0 Å². The Kier molecular flexibility index (Phi) is 5.16. The van der Waals surface area contributed by atoms with E-state index in [4.69, 9.17) is 10.8 Å². The molecule has 1 aliphatic rings. The van der Waals surface area contributed by atoms with E-state index in [-0.39, 0.29) is 18.9 Å². The Labute approximate surface area is 104 Å². The molecule has 7 nitrogen and oxygen atoms in total. The maximum Gasteiger partial charge on any atom is 0.326 e. The van der Waals surface area contributed by atoms with Crippen LogP contribution in [0.1, 0.15) is 25.7 Å². The van der Waals surface area contributed by atoms with Crippen molar-refractivity contribution in [3.05, 3.63) is 12.2 Å². The lowest BCUT2D eigenvalue weighted by atomic mass is 10.1. The summed E-state index contributed by atoms with van der Waals surface area (Å²) in [7, 11) is 0. The first-order valence-electron chi connectivity index (χ1n) is 5.72. The Hall–Kier alpha value is -2.05. The SMILES string of the molecule is NC(=O)CCC(NC(=O)NC1CC=CC1)C(=O)O. The molecule has 1 atom stereocenters. The zero-order chi connectivity index (χ0) is 13.5. The minimum atomic E-state index is -1.18. The lowest BCUT2D eigenvalue weighted by molar-refractivity contribution is -0.139. The van der Waals surface area contributed by atoms with Gasteiger partial charge < -0.3 is 21.5 Å². The van der Waals surface area contributed by atoms with Crippen LogP contribution in [0.5, 0.6) is 0 Å². The topological polar surface area (TPSA) is 122 Å². The van der Waals surface area contributed by atoms with Crippen molar-refractivity contribution >= 4 is 17.9 Å². The number of aliphatic carboxylic acids is 1. The van der Waals surface area contributed by atoms with Gasteiger partial charge in [0.25, 0.3) is 0 Å². The van der Waals surface area contributed by atoms with Gasteiger partial charge in [-0.25, -0.2) is 9.59 Å². The molecule has 5 N–H and O–H groups in total. The van der Waals surface area contributed by atoms with Gasteiger partial charge in [-0.2, -0.15) is 0 Å². The molecule has 0 heterocycles. The number of carboxylic acid groups (broad SMARTS) is 1. The molecule has 3 amide bonds. The van der Waals surface area contributed by atoms with Crippen molar-refractivity contribution in [1.29, 1.82) is 0 Å². The molecule has 7 heteroatoms. The summed E-state index contributed by atoms with van der Waals surface area (Å²) in [5.41, 5.74) is 4.94. The number of amides is 3. The monoisotopic (exact) mass is 255 g/mol. The Bertz CT molecular complexity index is 359. The molecule has 0 saturated carbocycles. The number of carbonyl (C=O) groups excluding carboxylic acids is 2. The van der Waals surface area contributed by atoms with Gasteiger partial charge in [-0.05, 0) is 19.3 Å². The van der Waals surface area contributed by atoms with Crippen molar-refractivity contribution in [1.82, 2.24) is 10.6 Å². The molecule has 1 unspecified atom stereocenters. The normalized spacial score (nSPS) is 16.2. The standard InChI is InChI=1S/C11H17N3O4/c12-9(15)6-5-8(10(16)17)14-11(18)13-7-3-1-2-4-7/h1-2,7-8H,3-6H2,(H2,12,15)(H,16,17)(H2,13,14,18). The predicted molar refractivity (Wildman–Crippen MR) is 63.7 cm³/mol. The molecule has 0 aromatic heterocycles. The van der Waals surface area contributed by atoms with Gasteiger partial charge in [-0.15, -0.1) is 0 Å². The minimum Gasteiger partial charge on any atom is -0.480 e. The molecule has 0 aromatic rings. The molecular weight excluding hydrogens is 238 g/mol. The molecular formula is C11H17N3O4. The number of hydrogen-bond donors (Lipinski definition) is 4. The van der Waals surface area contributed by atoms with Crippen LogP contribution in [-0.4, -0.2) is 35.1 Å². The summed E-state index contributed by atoms with van der Waals surface area (Å²) in [6.07, 6.45) is 5.29. The van der Waals surface area contributed by atoms with Gasteiger partial charge in [0, 0.05) is 12.5 Å². The van der Waals surface area contributed by atoms with Gasteiger partial charge in [0.1, 0.15) is 6.04 Å². The highest BCUT2D eigenvalue weighted by atomic mass is 16.4. The largest absolute Gasteiger partial charge is 0.480 e. The first-order valence-corrected chi connectivity index (χ1v) is 5.72. The quantitative estimate of drug-likeness (QED) is 0.488. The summed E-state index contributed by atoms with van der Waals surface area (Å²) in [5, 5.41) is 13.9. The number of rotatable bonds is 6. The summed E-state index contributed by atoms with van der Waals surface area (Å²) in [6.45, 7) is 0. The summed E-state index contributed by atoms with van der Waals surface area (Å²) in [4.78, 5) is 33.0. The van der Waals surface area contributed by atoms with Crippen LogP contribution in [0.3, 0.4) is 0 Å². The van der Waals surface area contributed by atoms with Crippen LogP contribution in [0, 0.1) is 0 Å². The Morgan fingerprint density at radius 2 is 1.94 bits per heavy atom. The fraction of sp³-hybridized carbons (Fsp3) is 0.545. The third-order valence-electron chi connectivity index (χ3n) is 2.63. The van der Waals surface area contributed by atoms with E-state index in [1.807, 2.05) is 12.2 Å². The lowest BCUT2D eigenvalue weighted by Gasteiger charge is -2.17. The average molecular weight is 255 g/mol. The lowest BCUT2D eigenvalue weighted by Crippen LogP contribution is -2.48. The number of urea groups is 1. The molecule has 0 saturated heterocycles. The van der Waals surface area contributed by atoms with Crippen LogP contribution in [0.4, 0.5) is 4.79 Å². The first-order chi connectivity index (χ1) is 8.49. The smallest absolute Gasteiger partial charge is 0.326 e. The molecule has 100 valence electrons. The van der Waals surface area contributed by atoms with Crippen LogP contribution in [-0.2, 0) is 9.59 Å². The molecule has 0 spiro atoms. The Morgan fingerprint density at radius 1 is 1.33 bits per heavy atom. The number of carbonyl (C=O) groups is 3. The van der Waals surface area contributed by atoms with Gasteiger partial charge in [0.2, 0.25) is 5.91 Å². The van der Waals surface area contributed by atoms with Crippen LogP contribution in [0.25, 0.3) is 0 Å². The second-order valence-electron chi connectivity index (χ2n) is 4.15. The van der Waals surface area contributed by atoms with E-state index in [2.05, 4.69) is 10.6 Å². The molecule has 0 aliphatic heterocycles. The molecule has 0 radical (unpaired) electrons. The van der Waals surface area contributed by atoms with Crippen molar-refractivity contribution in [3.8, 4) is 0 Å². The number of hydrogen-bond acceptors (Lipinski definition) is 3. The Morgan fingerprint density at radius 3 is 2.44 bits per heavy atom. The highest BCUT2D eigenvalue weighted by Crippen LogP contribution is 2.08. The molecule has 18 heavy (non-hydrogen) atoms. The van der Waals surface area contributed by atoms with E-state index in [9.17, 15) is 14.4 Å². The van der Waals surface area contributed by atoms with Crippen molar-refractivity contribution in [2.24, 2.45) is 5.73 Å². The van der Waals surface area contributed by atoms with Crippen LogP contribution in [0.15, 0.2) is 12.2 Å². The zero-order valence-electron chi connectivity index (χ0n) is 9.89. The number of primary amides is 1. The fourth-order valence-corrected chi connectivity index (χ4v) is 1.66. The average Bonchev–Trinajstić information content (AvgIpc) is 2.76. The second-order valence-corrected chi connectivity index (χ2v) is 4.15. The maximum absolute atomic E-state index is 11.5. The predicted octanol–water partition coefficient (Wildman–Crippen LogP) is -0.277. The highest BCUT2D eigenvalue weighted by molar-refractivity contribution is 5.83. The first kappa shape index (κ1) is 14.0. The van der Waals surface area contributed by atoms with E-state index in [0.717, 1.165) is 12.8 Å². The van der Waals surface area contributed by atoms with Gasteiger partial charge in [0.15, 0.2) is 0 Å². The Balaban J connectivity index is 2.37. The number of nitrogens with one attached hydrogen (secondary N) is 2. The van der Waals surface area contributed by atoms with Crippen LogP contribution >= 0.6 is 0 Å². The zero-order valence-corrected chi connectivity index (χ0v) is 9.89. The minimum absolute atomic E-state index is 0.00980. The van der Waals surface area contributed by atoms with E-state index in [1.165, 1.54) is 0 Å². The van der Waals surface area contributed by atoms with Crippen molar-refractivity contribution in [2.45, 2.75) is 37.8 Å². The second kappa shape index (κ2) is 6.63. The highest BCUT2D eigenvalue weighted by Gasteiger charge is 2.22. The van der Waals surface area contributed by atoms with E-state index in [0.29, 0.717) is 0 Å². The van der Waals surface area contributed by atoms with Crippen molar-refractivity contribution in [3.63, 3.8) is 0 Å². The van der Waals surface area contributed by atoms with Crippen molar-refractivity contribution in [2.75, 3.05) is 0 Å². The van der Waals surface area contributed by atoms with E-state index in [1.54, 1.807) is 0 Å². The number of nitrogens with two attached hydrogens (primary N) is 1. The van der Waals surface area contributed by atoms with Crippen molar-refractivity contribution < 1.29 is 19.5 Å². The molecule has 0 fully saturated rings. The third kappa shape index (κ3) is 4.86. The molecule has 1 aliphatic carbocycles. The third-order valence-corrected chi connectivity index (χ3v) is 2.63. The maximum atomic E-state index is 11.5. The summed E-state index contributed by atoms with van der Waals surface area (Å²) in [6, 6.07) is -1.64. The van der Waals surface area contributed by atoms with E-state index >= 15 is 0 Å². The molecule has 0 bridgehead atoms. The van der Waals surface area contributed by atoms with Crippen LogP contribution < -0.4 is 16.4 Å². The summed E-state index contributed by atoms with van der Waals surface area (Å²) < 4.78 is 0. The molecule has 1 rings (SSSR count). The van der Waals surface area contributed by atoms with Gasteiger partial charge in [-0.3, -0.25) is 4.79 Å². The summed E-state index contributed by atoms with van der Waals surface area (Å²) >= 11 is 0.